The van der Waals surface area contributed by atoms with Gasteiger partial charge in [-0.3, -0.25) is 14.4 Å². The van der Waals surface area contributed by atoms with Crippen LogP contribution in [0.4, 0.5) is 0 Å². The van der Waals surface area contributed by atoms with Gasteiger partial charge < -0.3 is 20.1 Å². The molecule has 182 valence electrons. The van der Waals surface area contributed by atoms with Crippen LogP contribution < -0.4 is 15.4 Å². The highest BCUT2D eigenvalue weighted by Gasteiger charge is 2.45. The molecule has 33 heavy (non-hydrogen) atoms. The summed E-state index contributed by atoms with van der Waals surface area (Å²) in [7, 11) is 2.84. The zero-order chi connectivity index (χ0) is 24.6. The summed E-state index contributed by atoms with van der Waals surface area (Å²) >= 11 is 0.970. The third-order valence-electron chi connectivity index (χ3n) is 5.80. The highest BCUT2D eigenvalue weighted by molar-refractivity contribution is 8.14. The Hall–Kier alpha value is -2.55. The standard InChI is InChI=1S/C24H34N2O6S/c1-15(2)20(33-16(3)27)21(28)26-24(12-6-7-13-24)23(30)25-19(22(29)32-5)14-17-8-10-18(31-4)11-9-17/h8-11,15,19-20H,6-7,12-14H2,1-5H3,(H,25,30)(H,26,28)/t19-,20+/m0/s1. The van der Waals surface area contributed by atoms with Gasteiger partial charge in [-0.1, -0.05) is 50.6 Å². The van der Waals surface area contributed by atoms with E-state index in [1.807, 2.05) is 26.0 Å². The molecule has 1 fully saturated rings. The number of rotatable bonds is 10. The van der Waals surface area contributed by atoms with E-state index in [1.54, 1.807) is 19.2 Å². The van der Waals surface area contributed by atoms with Crippen LogP contribution in [0.2, 0.25) is 0 Å². The summed E-state index contributed by atoms with van der Waals surface area (Å²) in [5, 5.41) is 4.99. The Labute approximate surface area is 199 Å². The minimum absolute atomic E-state index is 0.0849. The molecular weight excluding hydrogens is 444 g/mol. The van der Waals surface area contributed by atoms with Crippen LogP contribution in [0.3, 0.4) is 0 Å². The highest BCUT2D eigenvalue weighted by Crippen LogP contribution is 2.32. The maximum atomic E-state index is 13.4. The lowest BCUT2D eigenvalue weighted by Crippen LogP contribution is -2.61. The van der Waals surface area contributed by atoms with Gasteiger partial charge in [0, 0.05) is 13.3 Å². The van der Waals surface area contributed by atoms with Gasteiger partial charge in [-0.25, -0.2) is 4.79 Å². The number of amides is 2. The Morgan fingerprint density at radius 3 is 2.15 bits per heavy atom. The van der Waals surface area contributed by atoms with E-state index in [9.17, 15) is 19.2 Å². The predicted octanol–water partition coefficient (Wildman–Crippen LogP) is 2.63. The fraction of sp³-hybridized carbons (Fsp3) is 0.583. The number of carbonyl (C=O) groups excluding carboxylic acids is 4. The van der Waals surface area contributed by atoms with Gasteiger partial charge in [0.2, 0.25) is 11.8 Å². The number of nitrogens with one attached hydrogen (secondary N) is 2. The lowest BCUT2D eigenvalue weighted by atomic mass is 9.94. The Bertz CT molecular complexity index is 849. The van der Waals surface area contributed by atoms with E-state index in [0.717, 1.165) is 30.2 Å². The van der Waals surface area contributed by atoms with Crippen LogP contribution in [0.1, 0.15) is 52.0 Å². The first-order chi connectivity index (χ1) is 15.6. The molecule has 1 aromatic carbocycles. The second-order valence-corrected chi connectivity index (χ2v) is 9.97. The summed E-state index contributed by atoms with van der Waals surface area (Å²) in [6, 6.07) is 6.30. The van der Waals surface area contributed by atoms with Crippen molar-refractivity contribution in [3.63, 3.8) is 0 Å². The molecule has 9 heteroatoms. The van der Waals surface area contributed by atoms with Crippen LogP contribution in [0.5, 0.6) is 5.75 Å². The van der Waals surface area contributed by atoms with Gasteiger partial charge in [-0.15, -0.1) is 0 Å². The second kappa shape index (κ2) is 12.1. The zero-order valence-corrected chi connectivity index (χ0v) is 20.8. The number of methoxy groups -OCH3 is 2. The van der Waals surface area contributed by atoms with Crippen molar-refractivity contribution in [3.05, 3.63) is 29.8 Å². The minimum Gasteiger partial charge on any atom is -0.497 e. The van der Waals surface area contributed by atoms with E-state index in [2.05, 4.69) is 10.6 Å². The topological polar surface area (TPSA) is 111 Å². The minimum atomic E-state index is -1.12. The second-order valence-electron chi connectivity index (χ2n) is 8.65. The first-order valence-corrected chi connectivity index (χ1v) is 12.0. The number of thioether (sulfide) groups is 1. The van der Waals surface area contributed by atoms with Crippen molar-refractivity contribution in [1.82, 2.24) is 10.6 Å². The summed E-state index contributed by atoms with van der Waals surface area (Å²) in [5.41, 5.74) is -0.290. The molecule has 0 radical (unpaired) electrons. The van der Waals surface area contributed by atoms with Gasteiger partial charge in [0.05, 0.1) is 19.5 Å². The maximum Gasteiger partial charge on any atom is 0.328 e. The fourth-order valence-corrected chi connectivity index (χ4v) is 4.79. The molecule has 0 unspecified atom stereocenters. The van der Waals surface area contributed by atoms with Gasteiger partial charge >= 0.3 is 5.97 Å². The lowest BCUT2D eigenvalue weighted by molar-refractivity contribution is -0.146. The number of esters is 1. The van der Waals surface area contributed by atoms with Crippen LogP contribution in [-0.2, 0) is 30.3 Å². The third kappa shape index (κ3) is 7.22. The normalized spacial score (nSPS) is 16.5. The summed E-state index contributed by atoms with van der Waals surface area (Å²) in [5.74, 6) is -0.711. The van der Waals surface area contributed by atoms with E-state index in [-0.39, 0.29) is 23.4 Å². The molecule has 8 nitrogen and oxygen atoms in total. The molecule has 2 amide bonds. The summed E-state index contributed by atoms with van der Waals surface area (Å²) < 4.78 is 10.1. The fourth-order valence-electron chi connectivity index (χ4n) is 3.99. The molecule has 2 N–H and O–H groups in total. The monoisotopic (exact) mass is 478 g/mol. The first-order valence-electron chi connectivity index (χ1n) is 11.1. The molecule has 0 bridgehead atoms. The predicted molar refractivity (Wildman–Crippen MR) is 127 cm³/mol. The molecule has 1 aromatic rings. The summed E-state index contributed by atoms with van der Waals surface area (Å²) in [6.45, 7) is 5.15. The number of benzene rings is 1. The number of hydrogen-bond acceptors (Lipinski definition) is 7. The smallest absolute Gasteiger partial charge is 0.328 e. The van der Waals surface area contributed by atoms with Gasteiger partial charge in [0.1, 0.15) is 17.3 Å². The molecule has 0 heterocycles. The van der Waals surface area contributed by atoms with Crippen molar-refractivity contribution in [2.45, 2.75) is 69.7 Å². The molecule has 2 rings (SSSR count). The third-order valence-corrected chi connectivity index (χ3v) is 7.15. The van der Waals surface area contributed by atoms with Crippen molar-refractivity contribution < 1.29 is 28.7 Å². The van der Waals surface area contributed by atoms with Crippen molar-refractivity contribution in [3.8, 4) is 5.75 Å². The molecule has 0 saturated heterocycles. The van der Waals surface area contributed by atoms with Crippen molar-refractivity contribution in [2.24, 2.45) is 5.92 Å². The molecule has 1 saturated carbocycles. The van der Waals surface area contributed by atoms with E-state index in [1.165, 1.54) is 14.0 Å². The quantitative estimate of drug-likeness (QED) is 0.497. The number of ether oxygens (including phenoxy) is 2. The largest absolute Gasteiger partial charge is 0.497 e. The van der Waals surface area contributed by atoms with Gasteiger partial charge in [0.25, 0.3) is 0 Å². The molecular formula is C24H34N2O6S. The van der Waals surface area contributed by atoms with Crippen molar-refractivity contribution in [2.75, 3.05) is 14.2 Å². The number of carbonyl (C=O) groups is 4. The molecule has 1 aliphatic carbocycles. The van der Waals surface area contributed by atoms with Crippen LogP contribution in [0.25, 0.3) is 0 Å². The SMILES string of the molecule is COC(=O)[C@H](Cc1ccc(OC)cc1)NC(=O)C1(NC(=O)[C@H](SC(C)=O)C(C)C)CCCC1. The van der Waals surface area contributed by atoms with Crippen LogP contribution in [0, 0.1) is 5.92 Å². The van der Waals surface area contributed by atoms with Crippen LogP contribution in [-0.4, -0.2) is 53.9 Å². The Kier molecular flexibility index (Phi) is 9.76. The van der Waals surface area contributed by atoms with Crippen LogP contribution in [0.15, 0.2) is 24.3 Å². The Morgan fingerprint density at radius 1 is 1.06 bits per heavy atom. The van der Waals surface area contributed by atoms with Gasteiger partial charge in [-0.05, 0) is 36.5 Å². The van der Waals surface area contributed by atoms with Gasteiger partial charge in [0.15, 0.2) is 5.12 Å². The average molecular weight is 479 g/mol. The van der Waals surface area contributed by atoms with E-state index in [0.29, 0.717) is 18.6 Å². The number of hydrogen-bond donors (Lipinski definition) is 2. The van der Waals surface area contributed by atoms with Gasteiger partial charge in [-0.2, -0.15) is 0 Å². The Balaban J connectivity index is 2.20. The van der Waals surface area contributed by atoms with Crippen molar-refractivity contribution >= 4 is 34.7 Å². The molecule has 2 atom stereocenters. The molecule has 0 aromatic heterocycles. The molecule has 0 spiro atoms. The van der Waals surface area contributed by atoms with E-state index >= 15 is 0 Å². The summed E-state index contributed by atoms with van der Waals surface area (Å²) in [4.78, 5) is 50.5. The van der Waals surface area contributed by atoms with Crippen molar-refractivity contribution in [1.29, 1.82) is 0 Å². The maximum absolute atomic E-state index is 13.4. The summed E-state index contributed by atoms with van der Waals surface area (Å²) in [6.07, 6.45) is 2.73. The average Bonchev–Trinajstić information content (AvgIpc) is 3.26. The molecule has 1 aliphatic rings. The van der Waals surface area contributed by atoms with Crippen LogP contribution >= 0.6 is 11.8 Å². The zero-order valence-electron chi connectivity index (χ0n) is 19.9. The first kappa shape index (κ1) is 26.7. The lowest BCUT2D eigenvalue weighted by Gasteiger charge is -2.32. The highest BCUT2D eigenvalue weighted by atomic mass is 32.2. The van der Waals surface area contributed by atoms with E-state index < -0.39 is 28.7 Å². The molecule has 0 aliphatic heterocycles. The van der Waals surface area contributed by atoms with E-state index in [4.69, 9.17) is 9.47 Å². The Morgan fingerprint density at radius 2 is 1.67 bits per heavy atom.